The number of anilines is 2. The van der Waals surface area contributed by atoms with Gasteiger partial charge in [-0.25, -0.2) is 13.7 Å². The maximum atomic E-state index is 14.1. The van der Waals surface area contributed by atoms with Crippen LogP contribution in [0.4, 0.5) is 20.6 Å². The van der Waals surface area contributed by atoms with Gasteiger partial charge in [0, 0.05) is 20.1 Å². The van der Waals surface area contributed by atoms with E-state index in [1.165, 1.54) is 6.20 Å². The summed E-state index contributed by atoms with van der Waals surface area (Å²) in [7, 11) is 1.75. The molecule has 0 spiro atoms. The van der Waals surface area contributed by atoms with Gasteiger partial charge in [-0.1, -0.05) is 0 Å². The minimum absolute atomic E-state index is 0.0924. The lowest BCUT2D eigenvalue weighted by Gasteiger charge is -2.19. The van der Waals surface area contributed by atoms with Crippen LogP contribution in [0.15, 0.2) is 18.5 Å². The first-order valence-electron chi connectivity index (χ1n) is 8.70. The molecule has 26 heavy (non-hydrogen) atoms. The van der Waals surface area contributed by atoms with Gasteiger partial charge in [0.25, 0.3) is 5.91 Å². The lowest BCUT2D eigenvalue weighted by molar-refractivity contribution is 0.100. The first kappa shape index (κ1) is 16.6. The third kappa shape index (κ3) is 2.63. The molecule has 9 heteroatoms. The molecule has 8 nitrogen and oxygen atoms in total. The minimum atomic E-state index is -0.966. The van der Waals surface area contributed by atoms with Crippen LogP contribution in [0.3, 0.4) is 0 Å². The van der Waals surface area contributed by atoms with E-state index in [1.54, 1.807) is 33.6 Å². The van der Waals surface area contributed by atoms with E-state index in [4.69, 9.17) is 5.73 Å². The lowest BCUT2D eigenvalue weighted by Crippen LogP contribution is -2.28. The van der Waals surface area contributed by atoms with Crippen molar-refractivity contribution in [2.24, 2.45) is 5.73 Å². The molecular weight excluding hydrogens is 339 g/mol. The van der Waals surface area contributed by atoms with Crippen LogP contribution in [0.5, 0.6) is 0 Å². The molecule has 0 aromatic carbocycles. The van der Waals surface area contributed by atoms with Crippen molar-refractivity contribution < 1.29 is 14.0 Å². The number of carbonyl (C=O) groups is 2. The maximum Gasteiger partial charge on any atom is 0.324 e. The smallest absolute Gasteiger partial charge is 0.324 e. The first-order valence-corrected chi connectivity index (χ1v) is 8.70. The third-order valence-corrected chi connectivity index (χ3v) is 5.18. The van der Waals surface area contributed by atoms with E-state index < -0.39 is 12.1 Å². The Bertz CT molecular complexity index is 882. The number of rotatable bonds is 4. The van der Waals surface area contributed by atoms with Crippen molar-refractivity contribution in [1.29, 1.82) is 0 Å². The highest BCUT2D eigenvalue weighted by Crippen LogP contribution is 2.32. The monoisotopic (exact) mass is 360 g/mol. The van der Waals surface area contributed by atoms with Crippen LogP contribution < -0.4 is 16.0 Å². The Morgan fingerprint density at radius 3 is 2.81 bits per heavy atom. The van der Waals surface area contributed by atoms with E-state index in [0.717, 1.165) is 6.42 Å². The van der Waals surface area contributed by atoms with E-state index in [-0.39, 0.29) is 17.6 Å². The van der Waals surface area contributed by atoms with Crippen molar-refractivity contribution in [3.63, 3.8) is 0 Å². The number of nitrogens with zero attached hydrogens (tertiary/aromatic N) is 4. The SMILES string of the molecule is CN1CCN(c2cc3c(NC4CCCC4F)c(C(N)=O)cnn3c2)C1=O. The van der Waals surface area contributed by atoms with Crippen molar-refractivity contribution in [3.05, 3.63) is 24.0 Å². The minimum Gasteiger partial charge on any atom is -0.377 e. The Morgan fingerprint density at radius 2 is 2.19 bits per heavy atom. The third-order valence-electron chi connectivity index (χ3n) is 5.18. The number of fused-ring (bicyclic) bond motifs is 1. The first-order chi connectivity index (χ1) is 12.5. The average Bonchev–Trinajstić information content (AvgIpc) is 3.28. The molecule has 2 atom stereocenters. The molecule has 2 fully saturated rings. The van der Waals surface area contributed by atoms with Crippen LogP contribution in [0.1, 0.15) is 29.6 Å². The fourth-order valence-electron chi connectivity index (χ4n) is 3.68. The zero-order valence-corrected chi connectivity index (χ0v) is 14.5. The Hall–Kier alpha value is -2.84. The van der Waals surface area contributed by atoms with E-state index in [2.05, 4.69) is 10.4 Å². The molecule has 3 heterocycles. The van der Waals surface area contributed by atoms with Crippen molar-refractivity contribution in [2.45, 2.75) is 31.5 Å². The Balaban J connectivity index is 1.77. The number of nitrogens with one attached hydrogen (secondary N) is 1. The van der Waals surface area contributed by atoms with Crippen molar-refractivity contribution in [3.8, 4) is 0 Å². The van der Waals surface area contributed by atoms with Gasteiger partial charge in [0.2, 0.25) is 0 Å². The summed E-state index contributed by atoms with van der Waals surface area (Å²) in [4.78, 5) is 27.4. The van der Waals surface area contributed by atoms with Crippen LogP contribution in [0.2, 0.25) is 0 Å². The van der Waals surface area contributed by atoms with Crippen molar-refractivity contribution >= 4 is 28.8 Å². The molecule has 2 aliphatic rings. The van der Waals surface area contributed by atoms with Gasteiger partial charge in [0.15, 0.2) is 0 Å². The zero-order valence-electron chi connectivity index (χ0n) is 14.5. The maximum absolute atomic E-state index is 14.1. The summed E-state index contributed by atoms with van der Waals surface area (Å²) in [5.74, 6) is -0.629. The standard InChI is InChI=1S/C17H21FN6O2/c1-22-5-6-23(17(22)26)10-7-14-15(21-13-4-2-3-12(13)18)11(16(19)25)8-20-24(14)9-10/h7-9,12-13,21H,2-6H2,1H3,(H2,19,25). The second-order valence-electron chi connectivity index (χ2n) is 6.88. The normalized spacial score (nSPS) is 23.2. The number of aromatic nitrogens is 2. The molecule has 3 N–H and O–H groups in total. The number of likely N-dealkylation sites (N-methyl/N-ethyl adjacent to an activating group) is 1. The molecule has 4 rings (SSSR count). The van der Waals surface area contributed by atoms with Gasteiger partial charge in [0.05, 0.1) is 40.9 Å². The van der Waals surface area contributed by atoms with Crippen LogP contribution in [-0.2, 0) is 0 Å². The van der Waals surface area contributed by atoms with Crippen molar-refractivity contribution in [1.82, 2.24) is 14.5 Å². The second kappa shape index (κ2) is 6.15. The number of hydrogen-bond acceptors (Lipinski definition) is 4. The Morgan fingerprint density at radius 1 is 1.38 bits per heavy atom. The van der Waals surface area contributed by atoms with Crippen LogP contribution in [-0.4, -0.2) is 58.8 Å². The number of alkyl halides is 1. The highest BCUT2D eigenvalue weighted by atomic mass is 19.1. The number of nitrogens with two attached hydrogens (primary N) is 1. The lowest BCUT2D eigenvalue weighted by atomic mass is 10.1. The molecule has 138 valence electrons. The largest absolute Gasteiger partial charge is 0.377 e. The Labute approximate surface area is 149 Å². The molecule has 0 radical (unpaired) electrons. The molecule has 1 aliphatic carbocycles. The van der Waals surface area contributed by atoms with Crippen LogP contribution >= 0.6 is 0 Å². The molecule has 3 amide bonds. The van der Waals surface area contributed by atoms with Gasteiger partial charge in [-0.15, -0.1) is 0 Å². The summed E-state index contributed by atoms with van der Waals surface area (Å²) in [5, 5.41) is 7.38. The average molecular weight is 360 g/mol. The molecule has 2 aromatic rings. The second-order valence-corrected chi connectivity index (χ2v) is 6.88. The highest BCUT2D eigenvalue weighted by Gasteiger charge is 2.30. The molecule has 1 aliphatic heterocycles. The molecular formula is C17H21FN6O2. The number of carbonyl (C=O) groups excluding carboxylic acids is 2. The zero-order chi connectivity index (χ0) is 18.4. The van der Waals surface area contributed by atoms with Gasteiger partial charge in [-0.05, 0) is 25.3 Å². The van der Waals surface area contributed by atoms with Crippen LogP contribution in [0.25, 0.3) is 5.52 Å². The Kier molecular flexibility index (Phi) is 3.93. The number of amides is 3. The fraction of sp³-hybridized carbons (Fsp3) is 0.471. The quantitative estimate of drug-likeness (QED) is 0.866. The van der Waals surface area contributed by atoms with Gasteiger partial charge in [0.1, 0.15) is 6.17 Å². The predicted molar refractivity (Wildman–Crippen MR) is 95.2 cm³/mol. The number of halogens is 1. The molecule has 0 bridgehead atoms. The summed E-state index contributed by atoms with van der Waals surface area (Å²) in [6, 6.07) is 1.32. The van der Waals surface area contributed by atoms with Gasteiger partial charge >= 0.3 is 6.03 Å². The molecule has 2 aromatic heterocycles. The molecule has 1 saturated heterocycles. The van der Waals surface area contributed by atoms with E-state index in [1.807, 2.05) is 0 Å². The number of hydrogen-bond donors (Lipinski definition) is 2. The topological polar surface area (TPSA) is 96.0 Å². The van der Waals surface area contributed by atoms with Gasteiger partial charge in [-0.3, -0.25) is 9.69 Å². The summed E-state index contributed by atoms with van der Waals surface area (Å²) in [6.45, 7) is 1.22. The number of primary amides is 1. The van der Waals surface area contributed by atoms with E-state index in [0.29, 0.717) is 42.8 Å². The summed E-state index contributed by atoms with van der Waals surface area (Å²) in [5.41, 5.74) is 7.45. The molecule has 2 unspecified atom stereocenters. The predicted octanol–water partition coefficient (Wildman–Crippen LogP) is 1.61. The van der Waals surface area contributed by atoms with E-state index >= 15 is 0 Å². The summed E-state index contributed by atoms with van der Waals surface area (Å²) < 4.78 is 15.7. The molecule has 1 saturated carbocycles. The fourth-order valence-corrected chi connectivity index (χ4v) is 3.68. The van der Waals surface area contributed by atoms with E-state index in [9.17, 15) is 14.0 Å². The van der Waals surface area contributed by atoms with Crippen LogP contribution in [0, 0.1) is 0 Å². The van der Waals surface area contributed by atoms with Gasteiger partial charge < -0.3 is 16.0 Å². The van der Waals surface area contributed by atoms with Crippen molar-refractivity contribution in [2.75, 3.05) is 30.4 Å². The van der Waals surface area contributed by atoms with Gasteiger partial charge in [-0.2, -0.15) is 5.10 Å². The highest BCUT2D eigenvalue weighted by molar-refractivity contribution is 6.03. The summed E-state index contributed by atoms with van der Waals surface area (Å²) >= 11 is 0. The summed E-state index contributed by atoms with van der Waals surface area (Å²) in [6.07, 6.45) is 4.13. The number of urea groups is 1.